The number of thioether (sulfide) groups is 1. The number of urea groups is 1. The van der Waals surface area contributed by atoms with E-state index in [9.17, 15) is 4.79 Å². The average Bonchev–Trinajstić information content (AvgIpc) is 2.57. The third-order valence-electron chi connectivity index (χ3n) is 4.26. The van der Waals surface area contributed by atoms with Crippen molar-refractivity contribution in [1.82, 2.24) is 20.1 Å². The van der Waals surface area contributed by atoms with Gasteiger partial charge in [0.1, 0.15) is 0 Å². The summed E-state index contributed by atoms with van der Waals surface area (Å²) >= 11 is 1.93. The molecule has 6 heteroatoms. The number of rotatable bonds is 3. The third-order valence-corrected chi connectivity index (χ3v) is 5.20. The van der Waals surface area contributed by atoms with Crippen LogP contribution in [0.5, 0.6) is 0 Å². The highest BCUT2D eigenvalue weighted by Gasteiger charge is 2.24. The molecule has 0 spiro atoms. The van der Waals surface area contributed by atoms with Crippen LogP contribution in [0.25, 0.3) is 0 Å². The fourth-order valence-corrected chi connectivity index (χ4v) is 4.00. The van der Waals surface area contributed by atoms with Gasteiger partial charge in [0.05, 0.1) is 0 Å². The standard InChI is InChI=1S/C16H24N4OS/c21-16(20-7-9-22-10-8-20)18-15-4-2-6-19(13-15)12-14-3-1-5-17-11-14/h1,3,5,11,15H,2,4,6-10,12-13H2,(H,18,21)/t15-/m0/s1. The number of pyridine rings is 1. The summed E-state index contributed by atoms with van der Waals surface area (Å²) < 4.78 is 0. The molecule has 3 rings (SSSR count). The number of hydrogen-bond acceptors (Lipinski definition) is 4. The van der Waals surface area contributed by atoms with E-state index in [1.54, 1.807) is 6.20 Å². The highest BCUT2D eigenvalue weighted by atomic mass is 32.2. The molecule has 0 radical (unpaired) electrons. The number of nitrogens with one attached hydrogen (secondary N) is 1. The van der Waals surface area contributed by atoms with Gasteiger partial charge in [-0.15, -0.1) is 0 Å². The Morgan fingerprint density at radius 2 is 2.23 bits per heavy atom. The Morgan fingerprint density at radius 3 is 3.00 bits per heavy atom. The predicted molar refractivity (Wildman–Crippen MR) is 90.0 cm³/mol. The Kier molecular flexibility index (Phi) is 5.56. The largest absolute Gasteiger partial charge is 0.334 e. The van der Waals surface area contributed by atoms with E-state index in [4.69, 9.17) is 0 Å². The van der Waals surface area contributed by atoms with E-state index in [0.717, 1.165) is 57.1 Å². The quantitative estimate of drug-likeness (QED) is 0.923. The first-order chi connectivity index (χ1) is 10.8. The molecule has 0 saturated carbocycles. The monoisotopic (exact) mass is 320 g/mol. The fourth-order valence-electron chi connectivity index (χ4n) is 3.10. The van der Waals surface area contributed by atoms with Crippen molar-refractivity contribution in [3.05, 3.63) is 30.1 Å². The molecule has 1 atom stereocenters. The van der Waals surface area contributed by atoms with Crippen molar-refractivity contribution < 1.29 is 4.79 Å². The zero-order valence-corrected chi connectivity index (χ0v) is 13.7. The number of carbonyl (C=O) groups is 1. The molecule has 5 nitrogen and oxygen atoms in total. The number of piperidine rings is 1. The topological polar surface area (TPSA) is 48.5 Å². The van der Waals surface area contributed by atoms with Crippen LogP contribution in [-0.4, -0.2) is 64.5 Å². The van der Waals surface area contributed by atoms with Crippen LogP contribution < -0.4 is 5.32 Å². The van der Waals surface area contributed by atoms with Crippen LogP contribution in [0.4, 0.5) is 4.79 Å². The van der Waals surface area contributed by atoms with Gasteiger partial charge in [-0.25, -0.2) is 4.79 Å². The molecule has 3 heterocycles. The second kappa shape index (κ2) is 7.83. The Labute approximate surface area is 136 Å². The Bertz CT molecular complexity index is 478. The average molecular weight is 320 g/mol. The lowest BCUT2D eigenvalue weighted by Crippen LogP contribution is -2.52. The highest BCUT2D eigenvalue weighted by Crippen LogP contribution is 2.14. The van der Waals surface area contributed by atoms with E-state index in [1.807, 2.05) is 28.9 Å². The zero-order valence-electron chi connectivity index (χ0n) is 12.9. The minimum Gasteiger partial charge on any atom is -0.334 e. The highest BCUT2D eigenvalue weighted by molar-refractivity contribution is 7.99. The van der Waals surface area contributed by atoms with Crippen LogP contribution in [0.3, 0.4) is 0 Å². The molecule has 0 aromatic carbocycles. The molecule has 1 aromatic rings. The van der Waals surface area contributed by atoms with Crippen LogP contribution in [-0.2, 0) is 6.54 Å². The van der Waals surface area contributed by atoms with Crippen LogP contribution in [0, 0.1) is 0 Å². The van der Waals surface area contributed by atoms with Crippen molar-refractivity contribution in [1.29, 1.82) is 0 Å². The normalized spacial score (nSPS) is 23.3. The van der Waals surface area contributed by atoms with E-state index in [0.29, 0.717) is 0 Å². The molecular formula is C16H24N4OS. The minimum absolute atomic E-state index is 0.119. The summed E-state index contributed by atoms with van der Waals surface area (Å²) in [6, 6.07) is 4.48. The first kappa shape index (κ1) is 15.6. The molecular weight excluding hydrogens is 296 g/mol. The van der Waals surface area contributed by atoms with Gasteiger partial charge in [0, 0.05) is 56.1 Å². The summed E-state index contributed by atoms with van der Waals surface area (Å²) in [7, 11) is 0. The van der Waals surface area contributed by atoms with Crippen LogP contribution in [0.2, 0.25) is 0 Å². The smallest absolute Gasteiger partial charge is 0.317 e. The Hall–Kier alpha value is -1.27. The lowest BCUT2D eigenvalue weighted by molar-refractivity contribution is 0.165. The summed E-state index contributed by atoms with van der Waals surface area (Å²) in [5.74, 6) is 2.12. The molecule has 1 N–H and O–H groups in total. The van der Waals surface area contributed by atoms with Gasteiger partial charge in [-0.2, -0.15) is 11.8 Å². The number of hydrogen-bond donors (Lipinski definition) is 1. The van der Waals surface area contributed by atoms with Crippen molar-refractivity contribution in [3.63, 3.8) is 0 Å². The molecule has 22 heavy (non-hydrogen) atoms. The summed E-state index contributed by atoms with van der Waals surface area (Å²) in [5.41, 5.74) is 1.24. The van der Waals surface area contributed by atoms with Gasteiger partial charge in [-0.1, -0.05) is 6.07 Å². The predicted octanol–water partition coefficient (Wildman–Crippen LogP) is 1.80. The van der Waals surface area contributed by atoms with Gasteiger partial charge in [-0.3, -0.25) is 9.88 Å². The van der Waals surface area contributed by atoms with E-state index in [1.165, 1.54) is 5.56 Å². The summed E-state index contributed by atoms with van der Waals surface area (Å²) in [6.07, 6.45) is 5.95. The summed E-state index contributed by atoms with van der Waals surface area (Å²) in [6.45, 7) is 4.71. The number of likely N-dealkylation sites (tertiary alicyclic amines) is 1. The van der Waals surface area contributed by atoms with Crippen LogP contribution in [0.15, 0.2) is 24.5 Å². The molecule has 0 aliphatic carbocycles. The van der Waals surface area contributed by atoms with Crippen LogP contribution >= 0.6 is 11.8 Å². The van der Waals surface area contributed by atoms with Gasteiger partial charge in [0.15, 0.2) is 0 Å². The van der Waals surface area contributed by atoms with Gasteiger partial charge in [0.2, 0.25) is 0 Å². The molecule has 0 unspecified atom stereocenters. The molecule has 120 valence electrons. The molecule has 2 saturated heterocycles. The number of nitrogens with zero attached hydrogens (tertiary/aromatic N) is 3. The Balaban J connectivity index is 1.48. The van der Waals surface area contributed by atoms with E-state index >= 15 is 0 Å². The molecule has 1 aromatic heterocycles. The van der Waals surface area contributed by atoms with Gasteiger partial charge in [0.25, 0.3) is 0 Å². The maximum atomic E-state index is 12.3. The second-order valence-corrected chi connectivity index (χ2v) is 7.21. The van der Waals surface area contributed by atoms with E-state index in [-0.39, 0.29) is 12.1 Å². The molecule has 2 aliphatic heterocycles. The summed E-state index contributed by atoms with van der Waals surface area (Å²) in [4.78, 5) is 20.9. The first-order valence-corrected chi connectivity index (χ1v) is 9.21. The third kappa shape index (κ3) is 4.36. The van der Waals surface area contributed by atoms with E-state index in [2.05, 4.69) is 21.3 Å². The maximum absolute atomic E-state index is 12.3. The van der Waals surface area contributed by atoms with Crippen molar-refractivity contribution in [2.45, 2.75) is 25.4 Å². The van der Waals surface area contributed by atoms with Crippen molar-refractivity contribution in [2.75, 3.05) is 37.7 Å². The van der Waals surface area contributed by atoms with Crippen molar-refractivity contribution >= 4 is 17.8 Å². The number of amides is 2. The number of carbonyl (C=O) groups excluding carboxylic acids is 1. The van der Waals surface area contributed by atoms with Gasteiger partial charge < -0.3 is 10.2 Å². The van der Waals surface area contributed by atoms with Crippen molar-refractivity contribution in [2.24, 2.45) is 0 Å². The fraction of sp³-hybridized carbons (Fsp3) is 0.625. The molecule has 2 amide bonds. The lowest BCUT2D eigenvalue weighted by Gasteiger charge is -2.35. The molecule has 2 aliphatic rings. The van der Waals surface area contributed by atoms with Crippen molar-refractivity contribution in [3.8, 4) is 0 Å². The van der Waals surface area contributed by atoms with E-state index < -0.39 is 0 Å². The maximum Gasteiger partial charge on any atom is 0.317 e. The number of aromatic nitrogens is 1. The van der Waals surface area contributed by atoms with Gasteiger partial charge in [-0.05, 0) is 31.0 Å². The first-order valence-electron chi connectivity index (χ1n) is 8.06. The second-order valence-electron chi connectivity index (χ2n) is 5.98. The lowest BCUT2D eigenvalue weighted by atomic mass is 10.1. The minimum atomic E-state index is 0.119. The Morgan fingerprint density at radius 1 is 1.36 bits per heavy atom. The van der Waals surface area contributed by atoms with Crippen LogP contribution in [0.1, 0.15) is 18.4 Å². The molecule has 0 bridgehead atoms. The summed E-state index contributed by atoms with van der Waals surface area (Å²) in [5, 5.41) is 3.22. The molecule has 2 fully saturated rings. The SMILES string of the molecule is O=C(N[C@H]1CCCN(Cc2cccnc2)C1)N1CCSCC1. The zero-order chi connectivity index (χ0) is 15.2. The van der Waals surface area contributed by atoms with Gasteiger partial charge >= 0.3 is 6.03 Å².